The monoisotopic (exact) mass is 222 g/mol. The molecule has 1 aromatic rings. The van der Waals surface area contributed by atoms with Crippen LogP contribution >= 0.6 is 0 Å². The SMILES string of the molecule is CCOC(=O)Cc1ccc(CC)cc1OC. The number of hydrogen-bond donors (Lipinski definition) is 0. The first-order valence-electron chi connectivity index (χ1n) is 5.52. The molecule has 0 amide bonds. The molecule has 0 saturated heterocycles. The van der Waals surface area contributed by atoms with Crippen LogP contribution in [-0.2, 0) is 22.4 Å². The molecule has 0 aliphatic heterocycles. The zero-order valence-electron chi connectivity index (χ0n) is 10.1. The summed E-state index contributed by atoms with van der Waals surface area (Å²) < 4.78 is 10.2. The summed E-state index contributed by atoms with van der Waals surface area (Å²) in [5.41, 5.74) is 2.07. The van der Waals surface area contributed by atoms with E-state index in [0.717, 1.165) is 17.7 Å². The van der Waals surface area contributed by atoms with Gasteiger partial charge in [0.2, 0.25) is 0 Å². The Morgan fingerprint density at radius 2 is 2.06 bits per heavy atom. The summed E-state index contributed by atoms with van der Waals surface area (Å²) >= 11 is 0. The van der Waals surface area contributed by atoms with E-state index in [2.05, 4.69) is 6.92 Å². The van der Waals surface area contributed by atoms with Crippen molar-refractivity contribution < 1.29 is 14.3 Å². The molecule has 0 spiro atoms. The molecule has 0 N–H and O–H groups in total. The molecule has 0 bridgehead atoms. The zero-order chi connectivity index (χ0) is 12.0. The molecule has 88 valence electrons. The molecule has 16 heavy (non-hydrogen) atoms. The zero-order valence-corrected chi connectivity index (χ0v) is 10.1. The van der Waals surface area contributed by atoms with E-state index in [1.165, 1.54) is 5.56 Å². The van der Waals surface area contributed by atoms with Crippen LogP contribution in [0.1, 0.15) is 25.0 Å². The van der Waals surface area contributed by atoms with Gasteiger partial charge in [-0.2, -0.15) is 0 Å². The van der Waals surface area contributed by atoms with Crippen molar-refractivity contribution in [2.45, 2.75) is 26.7 Å². The van der Waals surface area contributed by atoms with Gasteiger partial charge in [0.05, 0.1) is 20.1 Å². The average molecular weight is 222 g/mol. The van der Waals surface area contributed by atoms with Crippen molar-refractivity contribution in [1.82, 2.24) is 0 Å². The third-order valence-electron chi connectivity index (χ3n) is 2.40. The fourth-order valence-electron chi connectivity index (χ4n) is 1.52. The fraction of sp³-hybridized carbons (Fsp3) is 0.462. The Kier molecular flexibility index (Phi) is 4.83. The molecule has 0 heterocycles. The molecular weight excluding hydrogens is 204 g/mol. The molecule has 0 aliphatic rings. The first-order valence-corrected chi connectivity index (χ1v) is 5.52. The Morgan fingerprint density at radius 3 is 2.62 bits per heavy atom. The van der Waals surface area contributed by atoms with E-state index in [1.54, 1.807) is 14.0 Å². The van der Waals surface area contributed by atoms with E-state index < -0.39 is 0 Å². The number of methoxy groups -OCH3 is 1. The van der Waals surface area contributed by atoms with Crippen LogP contribution in [0, 0.1) is 0 Å². The topological polar surface area (TPSA) is 35.5 Å². The fourth-order valence-corrected chi connectivity index (χ4v) is 1.52. The van der Waals surface area contributed by atoms with Crippen LogP contribution in [0.2, 0.25) is 0 Å². The molecule has 0 radical (unpaired) electrons. The molecule has 0 fully saturated rings. The number of hydrogen-bond acceptors (Lipinski definition) is 3. The second kappa shape index (κ2) is 6.16. The average Bonchev–Trinajstić information content (AvgIpc) is 2.30. The van der Waals surface area contributed by atoms with Gasteiger partial charge in [0, 0.05) is 5.56 Å². The Bertz CT molecular complexity index is 358. The Morgan fingerprint density at radius 1 is 1.31 bits per heavy atom. The van der Waals surface area contributed by atoms with Gasteiger partial charge in [-0.15, -0.1) is 0 Å². The maximum atomic E-state index is 11.4. The maximum Gasteiger partial charge on any atom is 0.310 e. The molecule has 0 saturated carbocycles. The van der Waals surface area contributed by atoms with Gasteiger partial charge >= 0.3 is 5.97 Å². The molecular formula is C13H18O3. The standard InChI is InChI=1S/C13H18O3/c1-4-10-6-7-11(12(8-10)15-3)9-13(14)16-5-2/h6-8H,4-5,9H2,1-3H3. The first-order chi connectivity index (χ1) is 7.71. The van der Waals surface area contributed by atoms with Gasteiger partial charge < -0.3 is 9.47 Å². The summed E-state index contributed by atoms with van der Waals surface area (Å²) in [4.78, 5) is 11.4. The summed E-state index contributed by atoms with van der Waals surface area (Å²) in [6.07, 6.45) is 1.22. The van der Waals surface area contributed by atoms with Crippen LogP contribution < -0.4 is 4.74 Å². The van der Waals surface area contributed by atoms with Crippen molar-refractivity contribution in [1.29, 1.82) is 0 Å². The van der Waals surface area contributed by atoms with E-state index in [0.29, 0.717) is 6.61 Å². The largest absolute Gasteiger partial charge is 0.496 e. The highest BCUT2D eigenvalue weighted by Gasteiger charge is 2.09. The lowest BCUT2D eigenvalue weighted by atomic mass is 10.1. The van der Waals surface area contributed by atoms with E-state index in [-0.39, 0.29) is 12.4 Å². The van der Waals surface area contributed by atoms with Crippen molar-refractivity contribution in [2.75, 3.05) is 13.7 Å². The van der Waals surface area contributed by atoms with Crippen molar-refractivity contribution in [3.05, 3.63) is 29.3 Å². The summed E-state index contributed by atoms with van der Waals surface area (Å²) in [6, 6.07) is 5.90. The number of ether oxygens (including phenoxy) is 2. The van der Waals surface area contributed by atoms with Crippen molar-refractivity contribution in [3.8, 4) is 5.75 Å². The van der Waals surface area contributed by atoms with E-state index >= 15 is 0 Å². The van der Waals surface area contributed by atoms with Crippen LogP contribution in [0.4, 0.5) is 0 Å². The maximum absolute atomic E-state index is 11.4. The van der Waals surface area contributed by atoms with Crippen LogP contribution in [-0.4, -0.2) is 19.7 Å². The number of carbonyl (C=O) groups is 1. The lowest BCUT2D eigenvalue weighted by Crippen LogP contribution is -2.08. The number of carbonyl (C=O) groups excluding carboxylic acids is 1. The van der Waals surface area contributed by atoms with Gasteiger partial charge in [-0.25, -0.2) is 0 Å². The molecule has 3 nitrogen and oxygen atoms in total. The second-order valence-corrected chi connectivity index (χ2v) is 3.48. The van der Waals surface area contributed by atoms with Crippen molar-refractivity contribution in [2.24, 2.45) is 0 Å². The van der Waals surface area contributed by atoms with Gasteiger partial charge in [-0.05, 0) is 25.0 Å². The minimum atomic E-state index is -0.218. The normalized spacial score (nSPS) is 9.94. The number of aryl methyl sites for hydroxylation is 1. The third-order valence-corrected chi connectivity index (χ3v) is 2.40. The minimum Gasteiger partial charge on any atom is -0.496 e. The minimum absolute atomic E-state index is 0.218. The predicted molar refractivity (Wildman–Crippen MR) is 62.7 cm³/mol. The van der Waals surface area contributed by atoms with Crippen LogP contribution in [0.25, 0.3) is 0 Å². The summed E-state index contributed by atoms with van der Waals surface area (Å²) in [7, 11) is 1.61. The molecule has 3 heteroatoms. The Hall–Kier alpha value is -1.51. The molecule has 0 aliphatic carbocycles. The van der Waals surface area contributed by atoms with Gasteiger partial charge in [0.1, 0.15) is 5.75 Å². The lowest BCUT2D eigenvalue weighted by Gasteiger charge is -2.09. The van der Waals surface area contributed by atoms with E-state index in [4.69, 9.17) is 9.47 Å². The second-order valence-electron chi connectivity index (χ2n) is 3.48. The summed E-state index contributed by atoms with van der Waals surface area (Å²) in [5.74, 6) is 0.539. The highest BCUT2D eigenvalue weighted by Crippen LogP contribution is 2.21. The summed E-state index contributed by atoms with van der Waals surface area (Å²) in [5, 5.41) is 0. The first kappa shape index (κ1) is 12.6. The smallest absolute Gasteiger partial charge is 0.310 e. The number of rotatable bonds is 5. The van der Waals surface area contributed by atoms with Crippen LogP contribution in [0.5, 0.6) is 5.75 Å². The van der Waals surface area contributed by atoms with Crippen molar-refractivity contribution >= 4 is 5.97 Å². The summed E-state index contributed by atoms with van der Waals surface area (Å²) in [6.45, 7) is 4.29. The van der Waals surface area contributed by atoms with E-state index in [9.17, 15) is 4.79 Å². The molecule has 0 atom stereocenters. The third kappa shape index (κ3) is 3.26. The van der Waals surface area contributed by atoms with Gasteiger partial charge in [-0.1, -0.05) is 19.1 Å². The molecule has 0 aromatic heterocycles. The van der Waals surface area contributed by atoms with Gasteiger partial charge in [0.15, 0.2) is 0 Å². The van der Waals surface area contributed by atoms with Gasteiger partial charge in [0.25, 0.3) is 0 Å². The number of esters is 1. The van der Waals surface area contributed by atoms with E-state index in [1.807, 2.05) is 18.2 Å². The van der Waals surface area contributed by atoms with Crippen molar-refractivity contribution in [3.63, 3.8) is 0 Å². The Labute approximate surface area is 96.4 Å². The number of benzene rings is 1. The Balaban J connectivity index is 2.83. The highest BCUT2D eigenvalue weighted by atomic mass is 16.5. The highest BCUT2D eigenvalue weighted by molar-refractivity contribution is 5.73. The molecule has 1 aromatic carbocycles. The van der Waals surface area contributed by atoms with Crippen LogP contribution in [0.15, 0.2) is 18.2 Å². The molecule has 1 rings (SSSR count). The lowest BCUT2D eigenvalue weighted by molar-refractivity contribution is -0.142. The van der Waals surface area contributed by atoms with Crippen LogP contribution in [0.3, 0.4) is 0 Å². The predicted octanol–water partition coefficient (Wildman–Crippen LogP) is 2.36. The van der Waals surface area contributed by atoms with Gasteiger partial charge in [-0.3, -0.25) is 4.79 Å². The quantitative estimate of drug-likeness (QED) is 0.717. The molecule has 0 unspecified atom stereocenters.